The van der Waals surface area contributed by atoms with Crippen LogP contribution in [0.4, 0.5) is 0 Å². The molecule has 124 valence electrons. The molecule has 0 aliphatic heterocycles. The van der Waals surface area contributed by atoms with Crippen LogP contribution in [0.2, 0.25) is 0 Å². The minimum Gasteiger partial charge on any atom is -0.457 e. The van der Waals surface area contributed by atoms with Crippen molar-refractivity contribution < 1.29 is 14.3 Å². The Balaban J connectivity index is 1.66. The van der Waals surface area contributed by atoms with Crippen molar-refractivity contribution >= 4 is 27.7 Å². The first-order valence-corrected chi connectivity index (χ1v) is 8.79. The first-order chi connectivity index (χ1) is 10.8. The minimum atomic E-state index is -1.11. The van der Waals surface area contributed by atoms with Crippen molar-refractivity contribution in [2.24, 2.45) is 28.9 Å². The van der Waals surface area contributed by atoms with Gasteiger partial charge in [-0.25, -0.2) is 0 Å². The molecule has 0 heterocycles. The van der Waals surface area contributed by atoms with Gasteiger partial charge in [-0.15, -0.1) is 0 Å². The zero-order valence-corrected chi connectivity index (χ0v) is 14.6. The molecule has 4 bridgehead atoms. The van der Waals surface area contributed by atoms with Crippen molar-refractivity contribution in [1.29, 1.82) is 5.26 Å². The summed E-state index contributed by atoms with van der Waals surface area (Å²) in [4.78, 5) is 24.7. The van der Waals surface area contributed by atoms with Crippen LogP contribution in [0.3, 0.4) is 0 Å². The fourth-order valence-electron chi connectivity index (χ4n) is 5.12. The third-order valence-electron chi connectivity index (χ3n) is 5.59. The largest absolute Gasteiger partial charge is 0.457 e. The molecule has 5 nitrogen and oxygen atoms in total. The molecule has 4 aliphatic carbocycles. The number of nitrogens with zero attached hydrogens (tertiary/aromatic N) is 1. The number of rotatable bonds is 5. The molecule has 0 aromatic rings. The molecule has 5 atom stereocenters. The first-order valence-electron chi connectivity index (χ1n) is 8.00. The van der Waals surface area contributed by atoms with Crippen LogP contribution in [0.5, 0.6) is 0 Å². The Hall–Kier alpha value is -1.35. The van der Waals surface area contributed by atoms with Gasteiger partial charge < -0.3 is 10.5 Å². The summed E-state index contributed by atoms with van der Waals surface area (Å²) in [5.74, 6) is -0.777. The second-order valence-electron chi connectivity index (χ2n) is 7.57. The number of esters is 1. The first kappa shape index (κ1) is 16.5. The van der Waals surface area contributed by atoms with Crippen molar-refractivity contribution in [2.75, 3.05) is 6.61 Å². The predicted molar refractivity (Wildman–Crippen MR) is 87.2 cm³/mol. The van der Waals surface area contributed by atoms with Crippen molar-refractivity contribution in [1.82, 2.24) is 0 Å². The van der Waals surface area contributed by atoms with Crippen molar-refractivity contribution in [3.63, 3.8) is 0 Å². The fraction of sp³-hybridized carbons (Fsp3) is 0.706. The quantitative estimate of drug-likeness (QED) is 0.583. The minimum absolute atomic E-state index is 0.0113. The zero-order chi connectivity index (χ0) is 16.8. The molecule has 4 saturated carbocycles. The number of nitrogens with two attached hydrogens (primary N) is 1. The molecule has 6 heteroatoms. The molecular weight excluding hydrogens is 360 g/mol. The van der Waals surface area contributed by atoms with E-state index in [1.165, 1.54) is 6.42 Å². The van der Waals surface area contributed by atoms with E-state index in [4.69, 9.17) is 15.7 Å². The summed E-state index contributed by atoms with van der Waals surface area (Å²) in [5, 5.41) is 8.94. The lowest BCUT2D eigenvalue weighted by Gasteiger charge is -2.58. The number of halogens is 1. The number of allylic oxidation sites excluding steroid dienone is 1. The highest BCUT2D eigenvalue weighted by atomic mass is 79.9. The van der Waals surface area contributed by atoms with E-state index in [1.807, 2.05) is 0 Å². The van der Waals surface area contributed by atoms with Gasteiger partial charge >= 0.3 is 5.97 Å². The van der Waals surface area contributed by atoms with Crippen LogP contribution in [0, 0.1) is 34.5 Å². The molecule has 0 spiro atoms. The van der Waals surface area contributed by atoms with Gasteiger partial charge in [0, 0.05) is 10.0 Å². The average Bonchev–Trinajstić information content (AvgIpc) is 2.42. The van der Waals surface area contributed by atoms with E-state index in [0.717, 1.165) is 32.1 Å². The van der Waals surface area contributed by atoms with Crippen LogP contribution >= 0.6 is 15.9 Å². The van der Waals surface area contributed by atoms with E-state index in [0.29, 0.717) is 11.8 Å². The Bertz CT molecular complexity index is 595. The summed E-state index contributed by atoms with van der Waals surface area (Å²) in [7, 11) is 0. The van der Waals surface area contributed by atoms with Crippen LogP contribution in [-0.4, -0.2) is 22.7 Å². The molecule has 0 aromatic heterocycles. The monoisotopic (exact) mass is 380 g/mol. The Morgan fingerprint density at radius 2 is 1.96 bits per heavy atom. The van der Waals surface area contributed by atoms with Crippen LogP contribution in [0.1, 0.15) is 38.5 Å². The summed E-state index contributed by atoms with van der Waals surface area (Å²) in [5.41, 5.74) is 4.96. The highest BCUT2D eigenvalue weighted by molar-refractivity contribution is 9.10. The van der Waals surface area contributed by atoms with Crippen molar-refractivity contribution in [3.05, 3.63) is 12.3 Å². The number of ketones is 1. The molecule has 4 aliphatic rings. The summed E-state index contributed by atoms with van der Waals surface area (Å²) >= 11 is 3.85. The van der Waals surface area contributed by atoms with Gasteiger partial charge in [-0.3, -0.25) is 9.59 Å². The lowest BCUT2D eigenvalue weighted by molar-refractivity contribution is -0.171. The summed E-state index contributed by atoms with van der Waals surface area (Å²) in [6.07, 6.45) is 5.95. The normalized spacial score (nSPS) is 38.6. The Morgan fingerprint density at radius 3 is 2.43 bits per heavy atom. The second kappa shape index (κ2) is 5.62. The molecule has 23 heavy (non-hydrogen) atoms. The molecular formula is C17H21BrN2O3. The SMILES string of the molecule is C=C(N)[C@H](C#N)C(=O)COC(=O)C12C[C@@H]3C[C@@H](CC(Br)(C3)C1)C2. The van der Waals surface area contributed by atoms with E-state index in [1.54, 1.807) is 6.07 Å². The van der Waals surface area contributed by atoms with Crippen molar-refractivity contribution in [2.45, 2.75) is 42.8 Å². The Labute approximate surface area is 144 Å². The van der Waals surface area contributed by atoms with Gasteiger partial charge in [0.15, 0.2) is 12.4 Å². The van der Waals surface area contributed by atoms with E-state index in [9.17, 15) is 9.59 Å². The molecule has 0 radical (unpaired) electrons. The zero-order valence-electron chi connectivity index (χ0n) is 13.0. The number of hydrogen-bond donors (Lipinski definition) is 1. The van der Waals surface area contributed by atoms with Crippen LogP contribution in [0.25, 0.3) is 0 Å². The molecule has 0 aromatic carbocycles. The van der Waals surface area contributed by atoms with E-state index < -0.39 is 23.7 Å². The van der Waals surface area contributed by atoms with E-state index in [-0.39, 0.29) is 16.0 Å². The number of Topliss-reactive ketones (excluding diaryl/α,β-unsaturated/α-hetero) is 1. The van der Waals surface area contributed by atoms with Crippen LogP contribution in [-0.2, 0) is 14.3 Å². The van der Waals surface area contributed by atoms with Gasteiger partial charge in [-0.1, -0.05) is 22.5 Å². The maximum Gasteiger partial charge on any atom is 0.312 e. The molecule has 0 amide bonds. The molecule has 4 rings (SSSR count). The maximum absolute atomic E-state index is 12.7. The maximum atomic E-state index is 12.7. The van der Waals surface area contributed by atoms with Gasteiger partial charge in [-0.2, -0.15) is 5.26 Å². The van der Waals surface area contributed by atoms with Gasteiger partial charge in [0.1, 0.15) is 5.92 Å². The van der Waals surface area contributed by atoms with E-state index >= 15 is 0 Å². The highest BCUT2D eigenvalue weighted by Crippen LogP contribution is 2.64. The molecule has 4 fully saturated rings. The third-order valence-corrected chi connectivity index (χ3v) is 6.52. The van der Waals surface area contributed by atoms with Crippen molar-refractivity contribution in [3.8, 4) is 6.07 Å². The molecule has 2 unspecified atom stereocenters. The predicted octanol–water partition coefficient (Wildman–Crippen LogP) is 2.44. The summed E-state index contributed by atoms with van der Waals surface area (Å²) in [6.45, 7) is 3.02. The summed E-state index contributed by atoms with van der Waals surface area (Å²) in [6, 6.07) is 1.79. The van der Waals surface area contributed by atoms with E-state index in [2.05, 4.69) is 22.5 Å². The molecule has 2 N–H and O–H groups in total. The van der Waals surface area contributed by atoms with Gasteiger partial charge in [0.25, 0.3) is 0 Å². The van der Waals surface area contributed by atoms with Gasteiger partial charge in [0.2, 0.25) is 0 Å². The second-order valence-corrected chi connectivity index (χ2v) is 9.25. The van der Waals surface area contributed by atoms with Gasteiger partial charge in [0.05, 0.1) is 11.5 Å². The third kappa shape index (κ3) is 2.91. The summed E-state index contributed by atoms with van der Waals surface area (Å²) < 4.78 is 5.37. The number of carbonyl (C=O) groups excluding carboxylic acids is 2. The Kier molecular flexibility index (Phi) is 4.04. The standard InChI is InChI=1S/C17H21BrN2O3/c1-10(20)13(7-19)14(21)8-23-15(22)16-3-11-2-12(4-16)6-17(18,5-11)9-16/h11-13H,1-6,8-9,20H2/t11-,12+,13-,16?,17?/m0/s1. The topological polar surface area (TPSA) is 93.2 Å². The lowest BCUT2D eigenvalue weighted by atomic mass is 9.49. The highest BCUT2D eigenvalue weighted by Gasteiger charge is 2.60. The number of ether oxygens (including phenoxy) is 1. The number of hydrogen-bond acceptors (Lipinski definition) is 5. The number of carbonyl (C=O) groups is 2. The van der Waals surface area contributed by atoms with Crippen LogP contribution in [0.15, 0.2) is 12.3 Å². The van der Waals surface area contributed by atoms with Crippen LogP contribution < -0.4 is 5.73 Å². The Morgan fingerprint density at radius 1 is 1.35 bits per heavy atom. The fourth-order valence-corrected chi connectivity index (χ4v) is 6.58. The average molecular weight is 381 g/mol. The smallest absolute Gasteiger partial charge is 0.312 e. The molecule has 0 saturated heterocycles. The number of nitriles is 1. The van der Waals surface area contributed by atoms with Gasteiger partial charge in [-0.05, 0) is 50.4 Å². The number of alkyl halides is 1. The lowest BCUT2D eigenvalue weighted by Crippen LogP contribution is -2.56.